The highest BCUT2D eigenvalue weighted by molar-refractivity contribution is 5.64. The summed E-state index contributed by atoms with van der Waals surface area (Å²) in [7, 11) is 0. The Morgan fingerprint density at radius 2 is 1.47 bits per heavy atom. The summed E-state index contributed by atoms with van der Waals surface area (Å²) < 4.78 is 28.9. The third kappa shape index (κ3) is 2.25. The number of rotatable bonds is 1. The summed E-state index contributed by atoms with van der Waals surface area (Å²) in [5, 5.41) is 11.8. The van der Waals surface area contributed by atoms with Crippen molar-refractivity contribution in [2.75, 3.05) is 0 Å². The van der Waals surface area contributed by atoms with E-state index in [4.69, 9.17) is 28.9 Å². The van der Waals surface area contributed by atoms with Gasteiger partial charge in [0.15, 0.2) is 17.9 Å². The largest absolute Gasteiger partial charge is 0.411 e. The van der Waals surface area contributed by atoms with Crippen LogP contribution < -0.4 is 0 Å². The van der Waals surface area contributed by atoms with Crippen molar-refractivity contribution in [3.8, 4) is 0 Å². The molecular weight excluding hydrogens is 254 g/mol. The van der Waals surface area contributed by atoms with E-state index in [0.29, 0.717) is 0 Å². The Morgan fingerprint density at radius 1 is 0.895 bits per heavy atom. The van der Waals surface area contributed by atoms with Crippen LogP contribution in [0.25, 0.3) is 0 Å². The van der Waals surface area contributed by atoms with E-state index in [-0.39, 0.29) is 18.3 Å². The third-order valence-corrected chi connectivity index (χ3v) is 3.40. The molecule has 0 aliphatic carbocycles. The lowest BCUT2D eigenvalue weighted by Gasteiger charge is -2.35. The van der Waals surface area contributed by atoms with Crippen LogP contribution in [-0.4, -0.2) is 53.7 Å². The standard InChI is InChI=1S/C12H19NO6/c1-11(2)16-7-6(5-13-14)15-10-9(8(7)17-11)18-12(3,4)19-10/h5-10,14H,1-4H3/b13-5+/t6-,7+,8+,9-,10-/m0/s1. The van der Waals surface area contributed by atoms with Gasteiger partial charge in [-0.05, 0) is 27.7 Å². The number of hydrogen-bond acceptors (Lipinski definition) is 7. The van der Waals surface area contributed by atoms with Crippen molar-refractivity contribution in [3.63, 3.8) is 0 Å². The predicted molar refractivity (Wildman–Crippen MR) is 62.8 cm³/mol. The molecule has 0 radical (unpaired) electrons. The molecule has 3 rings (SSSR count). The van der Waals surface area contributed by atoms with Crippen LogP contribution in [0.15, 0.2) is 5.16 Å². The molecule has 19 heavy (non-hydrogen) atoms. The highest BCUT2D eigenvalue weighted by atomic mass is 16.9. The van der Waals surface area contributed by atoms with E-state index >= 15 is 0 Å². The Labute approximate surface area is 111 Å². The lowest BCUT2D eigenvalue weighted by molar-refractivity contribution is -0.217. The van der Waals surface area contributed by atoms with Crippen molar-refractivity contribution < 1.29 is 28.9 Å². The zero-order valence-corrected chi connectivity index (χ0v) is 11.4. The van der Waals surface area contributed by atoms with Crippen molar-refractivity contribution in [2.45, 2.75) is 70.0 Å². The van der Waals surface area contributed by atoms with Gasteiger partial charge in [-0.2, -0.15) is 0 Å². The van der Waals surface area contributed by atoms with Crippen LogP contribution in [0.4, 0.5) is 0 Å². The topological polar surface area (TPSA) is 78.7 Å². The average Bonchev–Trinajstić information content (AvgIpc) is 2.74. The monoisotopic (exact) mass is 273 g/mol. The zero-order chi connectivity index (χ0) is 13.8. The van der Waals surface area contributed by atoms with Gasteiger partial charge in [0.05, 0.1) is 6.21 Å². The molecule has 0 unspecified atom stereocenters. The molecule has 0 aromatic rings. The average molecular weight is 273 g/mol. The van der Waals surface area contributed by atoms with E-state index in [0.717, 1.165) is 0 Å². The molecule has 7 heteroatoms. The van der Waals surface area contributed by atoms with Gasteiger partial charge in [0, 0.05) is 0 Å². The maximum absolute atomic E-state index is 8.73. The van der Waals surface area contributed by atoms with Crippen LogP contribution in [0.5, 0.6) is 0 Å². The normalized spacial score (nSPS) is 47.3. The van der Waals surface area contributed by atoms with E-state index in [1.54, 1.807) is 0 Å². The first-order valence-corrected chi connectivity index (χ1v) is 6.36. The molecule has 0 saturated carbocycles. The molecule has 108 valence electrons. The second kappa shape index (κ2) is 4.13. The summed E-state index contributed by atoms with van der Waals surface area (Å²) in [4.78, 5) is 0. The smallest absolute Gasteiger partial charge is 0.190 e. The number of nitrogens with zero attached hydrogens (tertiary/aromatic N) is 1. The summed E-state index contributed by atoms with van der Waals surface area (Å²) in [6, 6.07) is 0. The second-order valence-electron chi connectivity index (χ2n) is 5.90. The number of fused-ring (bicyclic) bond motifs is 3. The number of oxime groups is 1. The fraction of sp³-hybridized carbons (Fsp3) is 0.917. The molecule has 3 heterocycles. The van der Waals surface area contributed by atoms with Crippen LogP contribution >= 0.6 is 0 Å². The fourth-order valence-corrected chi connectivity index (χ4v) is 2.83. The van der Waals surface area contributed by atoms with E-state index in [9.17, 15) is 0 Å². The quantitative estimate of drug-likeness (QED) is 0.433. The molecule has 3 aliphatic heterocycles. The maximum atomic E-state index is 8.73. The van der Waals surface area contributed by atoms with Gasteiger partial charge in [0.25, 0.3) is 0 Å². The Balaban J connectivity index is 1.88. The van der Waals surface area contributed by atoms with Crippen molar-refractivity contribution in [2.24, 2.45) is 5.16 Å². The van der Waals surface area contributed by atoms with Crippen LogP contribution in [0, 0.1) is 0 Å². The van der Waals surface area contributed by atoms with Crippen molar-refractivity contribution in [3.05, 3.63) is 0 Å². The molecule has 0 spiro atoms. The molecule has 0 aromatic carbocycles. The molecular formula is C12H19NO6. The summed E-state index contributed by atoms with van der Waals surface area (Å²) in [6.07, 6.45) is -0.867. The zero-order valence-electron chi connectivity index (χ0n) is 11.4. The lowest BCUT2D eigenvalue weighted by Crippen LogP contribution is -2.55. The van der Waals surface area contributed by atoms with Crippen LogP contribution in [-0.2, 0) is 23.7 Å². The molecule has 3 saturated heterocycles. The van der Waals surface area contributed by atoms with E-state index in [2.05, 4.69) is 5.16 Å². The molecule has 7 nitrogen and oxygen atoms in total. The Kier molecular flexibility index (Phi) is 2.88. The van der Waals surface area contributed by atoms with Crippen LogP contribution in [0.3, 0.4) is 0 Å². The van der Waals surface area contributed by atoms with Gasteiger partial charge in [0.2, 0.25) is 0 Å². The molecule has 0 aromatic heterocycles. The minimum absolute atomic E-state index is 0.321. The number of ether oxygens (including phenoxy) is 5. The van der Waals surface area contributed by atoms with Crippen LogP contribution in [0.2, 0.25) is 0 Å². The van der Waals surface area contributed by atoms with E-state index in [1.165, 1.54) is 6.21 Å². The highest BCUT2D eigenvalue weighted by Gasteiger charge is 2.60. The van der Waals surface area contributed by atoms with Gasteiger partial charge in [-0.25, -0.2) is 0 Å². The van der Waals surface area contributed by atoms with Gasteiger partial charge in [-0.1, -0.05) is 5.16 Å². The van der Waals surface area contributed by atoms with Gasteiger partial charge in [0.1, 0.15) is 24.4 Å². The van der Waals surface area contributed by atoms with Gasteiger partial charge in [-0.3, -0.25) is 0 Å². The first kappa shape index (κ1) is 13.3. The Morgan fingerprint density at radius 3 is 2.16 bits per heavy atom. The summed E-state index contributed by atoms with van der Waals surface area (Å²) in [5.41, 5.74) is 0. The Bertz CT molecular complexity index is 396. The maximum Gasteiger partial charge on any atom is 0.190 e. The van der Waals surface area contributed by atoms with Crippen LogP contribution in [0.1, 0.15) is 27.7 Å². The first-order valence-electron chi connectivity index (χ1n) is 6.36. The predicted octanol–water partition coefficient (Wildman–Crippen LogP) is 0.843. The van der Waals surface area contributed by atoms with Gasteiger partial charge >= 0.3 is 0 Å². The minimum atomic E-state index is -0.735. The highest BCUT2D eigenvalue weighted by Crippen LogP contribution is 2.43. The van der Waals surface area contributed by atoms with E-state index in [1.807, 2.05) is 27.7 Å². The summed E-state index contributed by atoms with van der Waals surface area (Å²) in [5.74, 6) is -1.47. The van der Waals surface area contributed by atoms with E-state index < -0.39 is 24.0 Å². The van der Waals surface area contributed by atoms with Crippen molar-refractivity contribution >= 4 is 6.21 Å². The lowest BCUT2D eigenvalue weighted by atomic mass is 10.00. The fourth-order valence-electron chi connectivity index (χ4n) is 2.83. The Hall–Kier alpha value is -0.730. The van der Waals surface area contributed by atoms with Gasteiger partial charge < -0.3 is 28.9 Å². The third-order valence-electron chi connectivity index (χ3n) is 3.40. The SMILES string of the molecule is CC1(C)O[C@@H]2O[C@@H](/C=N/O)[C@H]3OC(C)(C)O[C@H]3[C@@H]2O1. The minimum Gasteiger partial charge on any atom is -0.411 e. The molecule has 3 aliphatic rings. The summed E-state index contributed by atoms with van der Waals surface area (Å²) >= 11 is 0. The van der Waals surface area contributed by atoms with Gasteiger partial charge in [-0.15, -0.1) is 0 Å². The first-order chi connectivity index (χ1) is 8.81. The molecule has 0 amide bonds. The summed E-state index contributed by atoms with van der Waals surface area (Å²) in [6.45, 7) is 7.29. The van der Waals surface area contributed by atoms with Crippen molar-refractivity contribution in [1.82, 2.24) is 0 Å². The molecule has 1 N–H and O–H groups in total. The van der Waals surface area contributed by atoms with Crippen molar-refractivity contribution in [1.29, 1.82) is 0 Å². The molecule has 3 fully saturated rings. The number of hydrogen-bond donors (Lipinski definition) is 1. The molecule has 0 bridgehead atoms. The molecule has 5 atom stereocenters. The second-order valence-corrected chi connectivity index (χ2v) is 5.90.